The summed E-state index contributed by atoms with van der Waals surface area (Å²) in [5, 5.41) is 12.4. The van der Waals surface area contributed by atoms with Crippen LogP contribution >= 0.6 is 0 Å². The Morgan fingerprint density at radius 3 is 2.52 bits per heavy atom. The first-order valence-corrected chi connectivity index (χ1v) is 6.51. The molecular weight excluding hydrogens is 276 g/mol. The van der Waals surface area contributed by atoms with Crippen molar-refractivity contribution in [2.24, 2.45) is 0 Å². The second-order valence-electron chi connectivity index (χ2n) is 4.67. The van der Waals surface area contributed by atoms with Gasteiger partial charge in [-0.3, -0.25) is 4.79 Å². The first-order valence-electron chi connectivity index (χ1n) is 6.51. The lowest BCUT2D eigenvalue weighted by atomic mass is 10.1. The largest absolute Gasteiger partial charge is 0.391 e. The van der Waals surface area contributed by atoms with Gasteiger partial charge in [0.05, 0.1) is 6.10 Å². The molecule has 0 aliphatic heterocycles. The van der Waals surface area contributed by atoms with Gasteiger partial charge in [0.25, 0.3) is 5.91 Å². The molecule has 0 radical (unpaired) electrons. The maximum absolute atomic E-state index is 13.4. The topological polar surface area (TPSA) is 49.3 Å². The Morgan fingerprint density at radius 2 is 1.86 bits per heavy atom. The highest BCUT2D eigenvalue weighted by Crippen LogP contribution is 2.11. The maximum Gasteiger partial charge on any atom is 0.251 e. The van der Waals surface area contributed by atoms with E-state index in [1.54, 1.807) is 30.3 Å². The molecule has 0 saturated carbocycles. The normalized spacial score (nSPS) is 12.0. The predicted octanol–water partition coefficient (Wildman–Crippen LogP) is 2.30. The number of rotatable bonds is 5. The highest BCUT2D eigenvalue weighted by molar-refractivity contribution is 5.94. The highest BCUT2D eigenvalue weighted by Gasteiger charge is 2.12. The predicted molar refractivity (Wildman–Crippen MR) is 74.8 cm³/mol. The number of amides is 1. The van der Waals surface area contributed by atoms with Crippen LogP contribution in [0.4, 0.5) is 8.78 Å². The molecule has 0 aromatic heterocycles. The summed E-state index contributed by atoms with van der Waals surface area (Å²) in [6.07, 6.45) is -0.945. The van der Waals surface area contributed by atoms with Crippen LogP contribution in [-0.2, 0) is 6.42 Å². The number of carbonyl (C=O) groups is 1. The van der Waals surface area contributed by atoms with Crippen molar-refractivity contribution in [1.29, 1.82) is 0 Å². The molecule has 2 rings (SSSR count). The van der Waals surface area contributed by atoms with E-state index in [2.05, 4.69) is 5.32 Å². The second kappa shape index (κ2) is 6.95. The first-order chi connectivity index (χ1) is 10.1. The monoisotopic (exact) mass is 291 g/mol. The third kappa shape index (κ3) is 4.36. The van der Waals surface area contributed by atoms with Gasteiger partial charge in [0, 0.05) is 24.6 Å². The SMILES string of the molecule is O=C(NCC(O)Cc1ccc(F)cc1F)c1ccccc1. The van der Waals surface area contributed by atoms with E-state index in [9.17, 15) is 18.7 Å². The minimum atomic E-state index is -0.947. The molecule has 0 fully saturated rings. The van der Waals surface area contributed by atoms with Gasteiger partial charge in [0.2, 0.25) is 0 Å². The molecule has 0 aliphatic rings. The Bertz CT molecular complexity index is 617. The summed E-state index contributed by atoms with van der Waals surface area (Å²) in [6, 6.07) is 11.8. The summed E-state index contributed by atoms with van der Waals surface area (Å²) < 4.78 is 26.2. The fraction of sp³-hybridized carbons (Fsp3) is 0.188. The van der Waals surface area contributed by atoms with Crippen LogP contribution in [0.1, 0.15) is 15.9 Å². The number of aliphatic hydroxyl groups excluding tert-OH is 1. The van der Waals surface area contributed by atoms with Crippen LogP contribution in [-0.4, -0.2) is 23.7 Å². The minimum Gasteiger partial charge on any atom is -0.391 e. The maximum atomic E-state index is 13.4. The minimum absolute atomic E-state index is 0.00117. The molecule has 2 aromatic carbocycles. The molecule has 2 N–H and O–H groups in total. The molecule has 1 unspecified atom stereocenters. The Morgan fingerprint density at radius 1 is 1.14 bits per heavy atom. The van der Waals surface area contributed by atoms with E-state index < -0.39 is 17.7 Å². The Balaban J connectivity index is 1.87. The average Bonchev–Trinajstić information content (AvgIpc) is 2.48. The van der Waals surface area contributed by atoms with Crippen molar-refractivity contribution in [1.82, 2.24) is 5.32 Å². The molecular formula is C16H15F2NO2. The zero-order valence-electron chi connectivity index (χ0n) is 11.2. The molecule has 0 aliphatic carbocycles. The standard InChI is InChI=1S/C16H15F2NO2/c17-13-7-6-12(15(18)9-13)8-14(20)10-19-16(21)11-4-2-1-3-5-11/h1-7,9,14,20H,8,10H2,(H,19,21). The quantitative estimate of drug-likeness (QED) is 0.888. The fourth-order valence-corrected chi connectivity index (χ4v) is 1.92. The zero-order chi connectivity index (χ0) is 15.2. The van der Waals surface area contributed by atoms with E-state index in [1.165, 1.54) is 6.07 Å². The van der Waals surface area contributed by atoms with Gasteiger partial charge in [-0.25, -0.2) is 8.78 Å². The summed E-state index contributed by atoms with van der Waals surface area (Å²) in [5.74, 6) is -1.68. The number of carbonyl (C=O) groups excluding carboxylic acids is 1. The van der Waals surface area contributed by atoms with Crippen molar-refractivity contribution in [3.05, 3.63) is 71.3 Å². The molecule has 2 aromatic rings. The van der Waals surface area contributed by atoms with Gasteiger partial charge in [-0.05, 0) is 23.8 Å². The molecule has 0 heterocycles. The highest BCUT2D eigenvalue weighted by atomic mass is 19.1. The van der Waals surface area contributed by atoms with Crippen molar-refractivity contribution in [3.8, 4) is 0 Å². The van der Waals surface area contributed by atoms with E-state index in [-0.39, 0.29) is 24.4 Å². The van der Waals surface area contributed by atoms with E-state index in [4.69, 9.17) is 0 Å². The van der Waals surface area contributed by atoms with Crippen LogP contribution in [0, 0.1) is 11.6 Å². The summed E-state index contributed by atoms with van der Waals surface area (Å²) in [6.45, 7) is -0.00938. The summed E-state index contributed by atoms with van der Waals surface area (Å²) in [7, 11) is 0. The molecule has 0 spiro atoms. The van der Waals surface area contributed by atoms with Crippen LogP contribution in [0.3, 0.4) is 0 Å². The lowest BCUT2D eigenvalue weighted by Crippen LogP contribution is -2.33. The Hall–Kier alpha value is -2.27. The van der Waals surface area contributed by atoms with Crippen LogP contribution in [0.25, 0.3) is 0 Å². The molecule has 5 heteroatoms. The molecule has 110 valence electrons. The van der Waals surface area contributed by atoms with Gasteiger partial charge in [-0.2, -0.15) is 0 Å². The van der Waals surface area contributed by atoms with E-state index >= 15 is 0 Å². The van der Waals surface area contributed by atoms with Gasteiger partial charge in [-0.15, -0.1) is 0 Å². The van der Waals surface area contributed by atoms with E-state index in [0.717, 1.165) is 12.1 Å². The smallest absolute Gasteiger partial charge is 0.251 e. The molecule has 1 atom stereocenters. The van der Waals surface area contributed by atoms with Crippen LogP contribution in [0.5, 0.6) is 0 Å². The molecule has 3 nitrogen and oxygen atoms in total. The summed E-state index contributed by atoms with van der Waals surface area (Å²) in [5.41, 5.74) is 0.690. The number of benzene rings is 2. The Kier molecular flexibility index (Phi) is 5.00. The second-order valence-corrected chi connectivity index (χ2v) is 4.67. The van der Waals surface area contributed by atoms with Crippen molar-refractivity contribution in [2.45, 2.75) is 12.5 Å². The Labute approximate surface area is 121 Å². The third-order valence-corrected chi connectivity index (χ3v) is 3.00. The number of nitrogens with one attached hydrogen (secondary N) is 1. The van der Waals surface area contributed by atoms with Gasteiger partial charge in [0.1, 0.15) is 11.6 Å². The zero-order valence-corrected chi connectivity index (χ0v) is 11.2. The molecule has 1 amide bonds. The first kappa shape index (κ1) is 15.1. The number of aliphatic hydroxyl groups is 1. The van der Waals surface area contributed by atoms with Gasteiger partial charge < -0.3 is 10.4 Å². The van der Waals surface area contributed by atoms with Crippen molar-refractivity contribution < 1.29 is 18.7 Å². The number of hydrogen-bond acceptors (Lipinski definition) is 2. The van der Waals surface area contributed by atoms with Crippen molar-refractivity contribution in [3.63, 3.8) is 0 Å². The number of halogens is 2. The summed E-state index contributed by atoms with van der Waals surface area (Å²) in [4.78, 5) is 11.8. The lowest BCUT2D eigenvalue weighted by Gasteiger charge is -2.12. The van der Waals surface area contributed by atoms with Crippen molar-refractivity contribution in [2.75, 3.05) is 6.54 Å². The third-order valence-electron chi connectivity index (χ3n) is 3.00. The van der Waals surface area contributed by atoms with Crippen LogP contribution < -0.4 is 5.32 Å². The molecule has 0 bridgehead atoms. The summed E-state index contributed by atoms with van der Waals surface area (Å²) >= 11 is 0. The fourth-order valence-electron chi connectivity index (χ4n) is 1.92. The van der Waals surface area contributed by atoms with Gasteiger partial charge in [0.15, 0.2) is 0 Å². The van der Waals surface area contributed by atoms with Crippen LogP contribution in [0.15, 0.2) is 48.5 Å². The van der Waals surface area contributed by atoms with Crippen LogP contribution in [0.2, 0.25) is 0 Å². The lowest BCUT2D eigenvalue weighted by molar-refractivity contribution is 0.0915. The van der Waals surface area contributed by atoms with Crippen molar-refractivity contribution >= 4 is 5.91 Å². The van der Waals surface area contributed by atoms with E-state index in [0.29, 0.717) is 5.56 Å². The number of hydrogen-bond donors (Lipinski definition) is 2. The molecule has 21 heavy (non-hydrogen) atoms. The molecule has 0 saturated heterocycles. The van der Waals surface area contributed by atoms with Gasteiger partial charge >= 0.3 is 0 Å². The van der Waals surface area contributed by atoms with Gasteiger partial charge in [-0.1, -0.05) is 24.3 Å². The van der Waals surface area contributed by atoms with E-state index in [1.807, 2.05) is 0 Å². The average molecular weight is 291 g/mol.